The van der Waals surface area contributed by atoms with Crippen LogP contribution < -0.4 is 0 Å². The van der Waals surface area contributed by atoms with Gasteiger partial charge in [-0.1, -0.05) is 30.3 Å². The lowest BCUT2D eigenvalue weighted by molar-refractivity contribution is -0.191. The molecule has 31 heavy (non-hydrogen) atoms. The minimum atomic E-state index is -5.29. The Hall–Kier alpha value is -3.11. The molecule has 8 nitrogen and oxygen atoms in total. The van der Waals surface area contributed by atoms with Crippen molar-refractivity contribution in [2.75, 3.05) is 13.7 Å². The summed E-state index contributed by atoms with van der Waals surface area (Å²) in [6.07, 6.45) is -6.75. The lowest BCUT2D eigenvalue weighted by atomic mass is 9.92. The highest BCUT2D eigenvalue weighted by atomic mass is 19.4. The van der Waals surface area contributed by atoms with E-state index in [0.717, 1.165) is 7.11 Å². The number of methoxy groups -OCH3 is 1. The Labute approximate surface area is 176 Å². The number of cyclic esters (lactones) is 1. The van der Waals surface area contributed by atoms with Gasteiger partial charge in [0.2, 0.25) is 5.60 Å². The largest absolute Gasteiger partial charge is 0.471 e. The first-order valence-corrected chi connectivity index (χ1v) is 9.38. The van der Waals surface area contributed by atoms with Gasteiger partial charge in [0.15, 0.2) is 0 Å². The predicted molar refractivity (Wildman–Crippen MR) is 98.3 cm³/mol. The second kappa shape index (κ2) is 9.36. The Morgan fingerprint density at radius 3 is 2.39 bits per heavy atom. The van der Waals surface area contributed by atoms with Gasteiger partial charge in [0.25, 0.3) is 0 Å². The lowest BCUT2D eigenvalue weighted by Crippen LogP contribution is -2.50. The average molecular weight is 445 g/mol. The number of alkyl halides is 3. The standard InChI is InChI=1S/C20H22F3NO7/c1-4-30-15(25)11-19(18(28)29-3)10-14(16(26)31-19)24(17(27)20(21,22)23)12(2)13-8-6-5-7-9-13/h5-9,12,14H,4,10-11H2,1-3H3/t12-,14+,19-/m1/s1. The molecule has 1 aromatic rings. The van der Waals surface area contributed by atoms with E-state index in [9.17, 15) is 32.3 Å². The first kappa shape index (κ1) is 24.2. The van der Waals surface area contributed by atoms with Crippen LogP contribution in [0.5, 0.6) is 0 Å². The summed E-state index contributed by atoms with van der Waals surface area (Å²) in [5.41, 5.74) is -1.88. The molecule has 0 aromatic heterocycles. The highest BCUT2D eigenvalue weighted by molar-refractivity contribution is 5.95. The van der Waals surface area contributed by atoms with Crippen LogP contribution in [0.1, 0.15) is 38.3 Å². The van der Waals surface area contributed by atoms with Crippen molar-refractivity contribution in [1.82, 2.24) is 4.90 Å². The molecule has 0 saturated carbocycles. The number of carbonyl (C=O) groups is 4. The van der Waals surface area contributed by atoms with Crippen LogP contribution in [0.15, 0.2) is 30.3 Å². The Balaban J connectivity index is 2.48. The third-order valence-electron chi connectivity index (χ3n) is 4.90. The molecular formula is C20H22F3NO7. The number of carbonyl (C=O) groups excluding carboxylic acids is 4. The zero-order valence-corrected chi connectivity index (χ0v) is 17.1. The van der Waals surface area contributed by atoms with Crippen molar-refractivity contribution in [1.29, 1.82) is 0 Å². The molecule has 170 valence electrons. The minimum absolute atomic E-state index is 0.0306. The molecule has 0 bridgehead atoms. The summed E-state index contributed by atoms with van der Waals surface area (Å²) in [5, 5.41) is 0. The predicted octanol–water partition coefficient (Wildman–Crippen LogP) is 2.32. The van der Waals surface area contributed by atoms with Crippen molar-refractivity contribution in [3.05, 3.63) is 35.9 Å². The highest BCUT2D eigenvalue weighted by Crippen LogP contribution is 2.39. The normalized spacial score (nSPS) is 21.7. The van der Waals surface area contributed by atoms with Crippen molar-refractivity contribution in [2.24, 2.45) is 0 Å². The molecule has 1 amide bonds. The summed E-state index contributed by atoms with van der Waals surface area (Å²) in [6.45, 7) is 2.80. The Bertz CT molecular complexity index is 843. The number of esters is 3. The molecule has 0 N–H and O–H groups in total. The molecule has 1 aliphatic rings. The number of amides is 1. The zero-order chi connectivity index (χ0) is 23.4. The van der Waals surface area contributed by atoms with Crippen molar-refractivity contribution in [3.63, 3.8) is 0 Å². The Morgan fingerprint density at radius 2 is 1.87 bits per heavy atom. The van der Waals surface area contributed by atoms with E-state index in [1.807, 2.05) is 0 Å². The van der Waals surface area contributed by atoms with Gasteiger partial charge in [-0.25, -0.2) is 9.59 Å². The molecular weight excluding hydrogens is 423 g/mol. The number of benzene rings is 1. The quantitative estimate of drug-likeness (QED) is 0.469. The van der Waals surface area contributed by atoms with Gasteiger partial charge in [-0.05, 0) is 19.4 Å². The molecule has 1 fully saturated rings. The number of halogens is 3. The fourth-order valence-corrected chi connectivity index (χ4v) is 3.47. The fraction of sp³-hybridized carbons (Fsp3) is 0.500. The summed E-state index contributed by atoms with van der Waals surface area (Å²) >= 11 is 0. The van der Waals surface area contributed by atoms with Gasteiger partial charge >= 0.3 is 30.0 Å². The number of hydrogen-bond acceptors (Lipinski definition) is 7. The molecule has 0 unspecified atom stereocenters. The highest BCUT2D eigenvalue weighted by Gasteiger charge is 2.59. The van der Waals surface area contributed by atoms with Crippen LogP contribution >= 0.6 is 0 Å². The van der Waals surface area contributed by atoms with Crippen LogP contribution in [0.2, 0.25) is 0 Å². The Morgan fingerprint density at radius 1 is 1.26 bits per heavy atom. The molecule has 1 saturated heterocycles. The van der Waals surface area contributed by atoms with Crippen LogP contribution in [0.4, 0.5) is 13.2 Å². The molecule has 1 aromatic carbocycles. The van der Waals surface area contributed by atoms with E-state index < -0.39 is 60.5 Å². The van der Waals surface area contributed by atoms with E-state index in [4.69, 9.17) is 9.47 Å². The van der Waals surface area contributed by atoms with E-state index in [-0.39, 0.29) is 6.61 Å². The van der Waals surface area contributed by atoms with Crippen LogP contribution in [-0.4, -0.2) is 60.3 Å². The monoisotopic (exact) mass is 445 g/mol. The summed E-state index contributed by atoms with van der Waals surface area (Å²) < 4.78 is 54.6. The lowest BCUT2D eigenvalue weighted by Gasteiger charge is -2.33. The second-order valence-electron chi connectivity index (χ2n) is 6.91. The first-order chi connectivity index (χ1) is 14.5. The number of nitrogens with zero attached hydrogens (tertiary/aromatic N) is 1. The van der Waals surface area contributed by atoms with Crippen LogP contribution in [0, 0.1) is 0 Å². The molecule has 1 aliphatic heterocycles. The van der Waals surface area contributed by atoms with Crippen molar-refractivity contribution in [3.8, 4) is 0 Å². The van der Waals surface area contributed by atoms with E-state index in [2.05, 4.69) is 4.74 Å². The maximum atomic E-state index is 13.4. The SMILES string of the molecule is CCOC(=O)C[C@@]1(C(=O)OC)C[C@H](N(C(=O)C(F)(F)F)[C@H](C)c2ccccc2)C(=O)O1. The van der Waals surface area contributed by atoms with Gasteiger partial charge in [0, 0.05) is 6.42 Å². The van der Waals surface area contributed by atoms with Crippen LogP contribution in [0.25, 0.3) is 0 Å². The summed E-state index contributed by atoms with van der Waals surface area (Å²) in [5.74, 6) is -5.58. The summed E-state index contributed by atoms with van der Waals surface area (Å²) in [6, 6.07) is 4.78. The topological polar surface area (TPSA) is 99.2 Å². The average Bonchev–Trinajstić information content (AvgIpc) is 3.04. The number of rotatable bonds is 7. The first-order valence-electron chi connectivity index (χ1n) is 9.38. The molecule has 2 rings (SSSR count). The van der Waals surface area contributed by atoms with Gasteiger partial charge in [-0.2, -0.15) is 13.2 Å². The smallest absolute Gasteiger partial charge is 0.466 e. The molecule has 0 radical (unpaired) electrons. The third-order valence-corrected chi connectivity index (χ3v) is 4.90. The van der Waals surface area contributed by atoms with Gasteiger partial charge in [0.05, 0.1) is 26.2 Å². The van der Waals surface area contributed by atoms with Crippen molar-refractivity contribution < 1.29 is 46.6 Å². The van der Waals surface area contributed by atoms with Crippen LogP contribution in [0.3, 0.4) is 0 Å². The fourth-order valence-electron chi connectivity index (χ4n) is 3.47. The number of ether oxygens (including phenoxy) is 3. The molecule has 11 heteroatoms. The molecule has 0 spiro atoms. The maximum absolute atomic E-state index is 13.4. The third kappa shape index (κ3) is 5.15. The Kier molecular flexibility index (Phi) is 7.29. The number of hydrogen-bond donors (Lipinski definition) is 0. The molecule has 1 heterocycles. The zero-order valence-electron chi connectivity index (χ0n) is 17.1. The van der Waals surface area contributed by atoms with E-state index in [1.54, 1.807) is 18.2 Å². The van der Waals surface area contributed by atoms with Gasteiger partial charge < -0.3 is 19.1 Å². The van der Waals surface area contributed by atoms with E-state index >= 15 is 0 Å². The minimum Gasteiger partial charge on any atom is -0.466 e. The summed E-state index contributed by atoms with van der Waals surface area (Å²) in [4.78, 5) is 49.6. The summed E-state index contributed by atoms with van der Waals surface area (Å²) in [7, 11) is 0.974. The van der Waals surface area contributed by atoms with Crippen molar-refractivity contribution in [2.45, 2.75) is 50.6 Å². The van der Waals surface area contributed by atoms with E-state index in [0.29, 0.717) is 10.5 Å². The van der Waals surface area contributed by atoms with Gasteiger partial charge in [-0.15, -0.1) is 0 Å². The molecule has 3 atom stereocenters. The van der Waals surface area contributed by atoms with E-state index in [1.165, 1.54) is 26.0 Å². The maximum Gasteiger partial charge on any atom is 0.471 e. The van der Waals surface area contributed by atoms with Gasteiger partial charge in [-0.3, -0.25) is 9.59 Å². The van der Waals surface area contributed by atoms with Crippen molar-refractivity contribution >= 4 is 23.8 Å². The van der Waals surface area contributed by atoms with Crippen LogP contribution in [-0.2, 0) is 33.4 Å². The van der Waals surface area contributed by atoms with Gasteiger partial charge in [0.1, 0.15) is 6.04 Å². The second-order valence-corrected chi connectivity index (χ2v) is 6.91. The molecule has 0 aliphatic carbocycles.